The van der Waals surface area contributed by atoms with Crippen LogP contribution in [0.25, 0.3) is 0 Å². The number of rotatable bonds is 6. The lowest BCUT2D eigenvalue weighted by atomic mass is 9.79. The molecule has 3 heterocycles. The SMILES string of the molecule is Cc1[nH]nc(CCC(=O)N2CC[C@]3(CCCN(CCc4ccccc4)C3)C2)c1C. The average Bonchev–Trinajstić information content (AvgIpc) is 3.29. The number of carbonyl (C=O) groups excluding carboxylic acids is 1. The number of amides is 1. The highest BCUT2D eigenvalue weighted by molar-refractivity contribution is 5.76. The maximum Gasteiger partial charge on any atom is 0.222 e. The zero-order chi connectivity index (χ0) is 20.3. The van der Waals surface area contributed by atoms with Gasteiger partial charge in [-0.05, 0) is 57.2 Å². The summed E-state index contributed by atoms with van der Waals surface area (Å²) in [6.45, 7) is 9.43. The maximum absolute atomic E-state index is 12.8. The van der Waals surface area contributed by atoms with E-state index in [-0.39, 0.29) is 0 Å². The van der Waals surface area contributed by atoms with E-state index >= 15 is 0 Å². The second-order valence-electron chi connectivity index (χ2n) is 9.10. The number of aryl methyl sites for hydroxylation is 2. The van der Waals surface area contributed by atoms with Crippen molar-refractivity contribution in [1.29, 1.82) is 0 Å². The van der Waals surface area contributed by atoms with Crippen LogP contribution in [0.3, 0.4) is 0 Å². The minimum atomic E-state index is 0.295. The van der Waals surface area contributed by atoms with Crippen LogP contribution >= 0.6 is 0 Å². The van der Waals surface area contributed by atoms with Gasteiger partial charge in [0.15, 0.2) is 0 Å². The second kappa shape index (κ2) is 8.70. The molecule has 1 amide bonds. The Hall–Kier alpha value is -2.14. The highest BCUT2D eigenvalue weighted by Gasteiger charge is 2.42. The molecule has 2 saturated heterocycles. The normalized spacial score (nSPS) is 22.5. The van der Waals surface area contributed by atoms with Gasteiger partial charge in [0.1, 0.15) is 0 Å². The fourth-order valence-corrected chi connectivity index (χ4v) is 5.08. The summed E-state index contributed by atoms with van der Waals surface area (Å²) >= 11 is 0. The molecule has 5 heteroatoms. The van der Waals surface area contributed by atoms with Crippen molar-refractivity contribution in [3.05, 3.63) is 52.8 Å². The number of aromatic nitrogens is 2. The summed E-state index contributed by atoms with van der Waals surface area (Å²) in [5, 5.41) is 7.38. The molecule has 2 aromatic rings. The van der Waals surface area contributed by atoms with Crippen molar-refractivity contribution < 1.29 is 4.79 Å². The second-order valence-corrected chi connectivity index (χ2v) is 9.10. The molecule has 2 aliphatic heterocycles. The van der Waals surface area contributed by atoms with Gasteiger partial charge in [-0.1, -0.05) is 30.3 Å². The van der Waals surface area contributed by atoms with E-state index in [0.717, 1.165) is 56.8 Å². The smallest absolute Gasteiger partial charge is 0.222 e. The van der Waals surface area contributed by atoms with Gasteiger partial charge < -0.3 is 9.80 Å². The van der Waals surface area contributed by atoms with Gasteiger partial charge in [-0.25, -0.2) is 0 Å². The molecule has 2 aliphatic rings. The molecule has 1 atom stereocenters. The molecule has 1 aromatic carbocycles. The summed E-state index contributed by atoms with van der Waals surface area (Å²) in [6.07, 6.45) is 6.09. The van der Waals surface area contributed by atoms with E-state index in [2.05, 4.69) is 57.3 Å². The van der Waals surface area contributed by atoms with E-state index < -0.39 is 0 Å². The van der Waals surface area contributed by atoms with Crippen molar-refractivity contribution in [1.82, 2.24) is 20.0 Å². The Balaban J connectivity index is 1.28. The van der Waals surface area contributed by atoms with E-state index in [4.69, 9.17) is 0 Å². The highest BCUT2D eigenvalue weighted by atomic mass is 16.2. The number of H-pyrrole nitrogens is 1. The third kappa shape index (κ3) is 4.72. The average molecular weight is 395 g/mol. The highest BCUT2D eigenvalue weighted by Crippen LogP contribution is 2.39. The molecule has 0 unspecified atom stereocenters. The van der Waals surface area contributed by atoms with Gasteiger partial charge in [0, 0.05) is 50.1 Å². The molecule has 156 valence electrons. The van der Waals surface area contributed by atoms with Crippen molar-refractivity contribution >= 4 is 5.91 Å². The fourth-order valence-electron chi connectivity index (χ4n) is 5.08. The summed E-state index contributed by atoms with van der Waals surface area (Å²) < 4.78 is 0. The molecule has 0 radical (unpaired) electrons. The van der Waals surface area contributed by atoms with Crippen molar-refractivity contribution in [2.24, 2.45) is 5.41 Å². The Morgan fingerprint density at radius 1 is 1.10 bits per heavy atom. The van der Waals surface area contributed by atoms with E-state index in [1.807, 2.05) is 6.92 Å². The molecule has 2 fully saturated rings. The maximum atomic E-state index is 12.8. The van der Waals surface area contributed by atoms with Crippen LogP contribution in [0, 0.1) is 19.3 Å². The van der Waals surface area contributed by atoms with Crippen LogP contribution < -0.4 is 0 Å². The molecule has 5 nitrogen and oxygen atoms in total. The van der Waals surface area contributed by atoms with Crippen molar-refractivity contribution in [2.75, 3.05) is 32.7 Å². The van der Waals surface area contributed by atoms with Crippen LogP contribution in [0.15, 0.2) is 30.3 Å². The predicted molar refractivity (Wildman–Crippen MR) is 116 cm³/mol. The largest absolute Gasteiger partial charge is 0.342 e. The van der Waals surface area contributed by atoms with E-state index in [1.54, 1.807) is 0 Å². The molecular formula is C24H34N4O. The standard InChI is InChI=1S/C24H34N4O/c1-19-20(2)25-26-22(19)9-10-23(29)28-16-13-24(18-28)12-6-14-27(17-24)15-11-21-7-4-3-5-8-21/h3-5,7-8H,6,9-18H2,1-2H3,(H,25,26)/t24-/m0/s1. The zero-order valence-electron chi connectivity index (χ0n) is 17.9. The molecule has 4 rings (SSSR count). The van der Waals surface area contributed by atoms with Crippen LogP contribution in [-0.2, 0) is 17.6 Å². The van der Waals surface area contributed by atoms with Gasteiger partial charge in [-0.15, -0.1) is 0 Å². The molecular weight excluding hydrogens is 360 g/mol. The van der Waals surface area contributed by atoms with Gasteiger partial charge in [0.05, 0.1) is 5.69 Å². The number of benzene rings is 1. The first-order valence-electron chi connectivity index (χ1n) is 11.1. The molecule has 1 N–H and O–H groups in total. The number of likely N-dealkylation sites (tertiary alicyclic amines) is 2. The van der Waals surface area contributed by atoms with Gasteiger partial charge in [0.25, 0.3) is 0 Å². The first kappa shape index (κ1) is 20.1. The summed E-state index contributed by atoms with van der Waals surface area (Å²) in [7, 11) is 0. The number of carbonyl (C=O) groups is 1. The Kier molecular flexibility index (Phi) is 6.04. The summed E-state index contributed by atoms with van der Waals surface area (Å²) in [4.78, 5) is 17.6. The van der Waals surface area contributed by atoms with Crippen LogP contribution in [-0.4, -0.2) is 58.6 Å². The van der Waals surface area contributed by atoms with Gasteiger partial charge in [-0.2, -0.15) is 5.10 Å². The minimum Gasteiger partial charge on any atom is -0.342 e. The molecule has 29 heavy (non-hydrogen) atoms. The Morgan fingerprint density at radius 3 is 2.69 bits per heavy atom. The molecule has 0 aliphatic carbocycles. The Bertz CT molecular complexity index is 831. The van der Waals surface area contributed by atoms with Gasteiger partial charge in [-0.3, -0.25) is 9.89 Å². The number of nitrogens with one attached hydrogen (secondary N) is 1. The monoisotopic (exact) mass is 394 g/mol. The Labute approximate surface area is 174 Å². The predicted octanol–water partition coefficient (Wildman–Crippen LogP) is 3.52. The number of hydrogen-bond acceptors (Lipinski definition) is 3. The van der Waals surface area contributed by atoms with Crippen LogP contribution in [0.4, 0.5) is 0 Å². The number of piperidine rings is 1. The Morgan fingerprint density at radius 2 is 1.93 bits per heavy atom. The molecule has 0 bridgehead atoms. The quantitative estimate of drug-likeness (QED) is 0.816. The summed E-state index contributed by atoms with van der Waals surface area (Å²) in [5.74, 6) is 0.295. The number of nitrogens with zero attached hydrogens (tertiary/aromatic N) is 3. The van der Waals surface area contributed by atoms with Crippen LogP contribution in [0.2, 0.25) is 0 Å². The molecule has 0 saturated carbocycles. The van der Waals surface area contributed by atoms with E-state index in [1.165, 1.54) is 30.5 Å². The lowest BCUT2D eigenvalue weighted by molar-refractivity contribution is -0.130. The fraction of sp³-hybridized carbons (Fsp3) is 0.583. The third-order valence-corrected chi connectivity index (χ3v) is 7.02. The third-order valence-electron chi connectivity index (χ3n) is 7.02. The van der Waals surface area contributed by atoms with Gasteiger partial charge >= 0.3 is 0 Å². The number of hydrogen-bond donors (Lipinski definition) is 1. The topological polar surface area (TPSA) is 52.2 Å². The van der Waals surface area contributed by atoms with Crippen molar-refractivity contribution in [3.8, 4) is 0 Å². The lowest BCUT2D eigenvalue weighted by Gasteiger charge is -2.40. The van der Waals surface area contributed by atoms with E-state index in [0.29, 0.717) is 17.7 Å². The molecule has 1 aromatic heterocycles. The summed E-state index contributed by atoms with van der Waals surface area (Å²) in [6, 6.07) is 10.8. The van der Waals surface area contributed by atoms with Crippen molar-refractivity contribution in [2.45, 2.75) is 52.4 Å². The number of aromatic amines is 1. The van der Waals surface area contributed by atoms with Gasteiger partial charge in [0.2, 0.25) is 5.91 Å². The first-order valence-corrected chi connectivity index (χ1v) is 11.1. The lowest BCUT2D eigenvalue weighted by Crippen LogP contribution is -2.46. The van der Waals surface area contributed by atoms with Crippen LogP contribution in [0.5, 0.6) is 0 Å². The first-order chi connectivity index (χ1) is 14.0. The molecule has 1 spiro atoms. The summed E-state index contributed by atoms with van der Waals surface area (Å²) in [5.41, 5.74) is 5.06. The minimum absolute atomic E-state index is 0.295. The zero-order valence-corrected chi connectivity index (χ0v) is 17.9. The van der Waals surface area contributed by atoms with E-state index in [9.17, 15) is 4.79 Å². The van der Waals surface area contributed by atoms with Crippen molar-refractivity contribution in [3.63, 3.8) is 0 Å². The van der Waals surface area contributed by atoms with Crippen LogP contribution in [0.1, 0.15) is 48.2 Å².